The lowest BCUT2D eigenvalue weighted by Gasteiger charge is -2.30. The molecule has 0 radical (unpaired) electrons. The van der Waals surface area contributed by atoms with Crippen LogP contribution in [0.3, 0.4) is 0 Å². The van der Waals surface area contributed by atoms with Crippen molar-refractivity contribution in [2.24, 2.45) is 0 Å². The molecule has 0 spiro atoms. The first-order chi connectivity index (χ1) is 13.0. The molecule has 1 aliphatic rings. The molecular formula is C20H28N2O5S. The minimum Gasteiger partial charge on any atom is -0.444 e. The van der Waals surface area contributed by atoms with E-state index >= 15 is 0 Å². The summed E-state index contributed by atoms with van der Waals surface area (Å²) in [6, 6.07) is 6.03. The molecule has 0 unspecified atom stereocenters. The molecule has 8 heteroatoms. The van der Waals surface area contributed by atoms with Gasteiger partial charge in [-0.05, 0) is 76.8 Å². The number of nitrogens with one attached hydrogen (secondary N) is 2. The second kappa shape index (κ2) is 8.77. The molecule has 1 saturated carbocycles. The van der Waals surface area contributed by atoms with Crippen molar-refractivity contribution in [1.29, 1.82) is 0 Å². The zero-order valence-corrected chi connectivity index (χ0v) is 17.3. The highest BCUT2D eigenvalue weighted by Crippen LogP contribution is 2.29. The number of carbonyl (C=O) groups is 2. The average molecular weight is 409 g/mol. The number of ether oxygens (including phenoxy) is 1. The lowest BCUT2D eigenvalue weighted by molar-refractivity contribution is -0.111. The van der Waals surface area contributed by atoms with Gasteiger partial charge in [0.25, 0.3) is 0 Å². The van der Waals surface area contributed by atoms with Crippen molar-refractivity contribution in [1.82, 2.24) is 5.32 Å². The first-order valence-corrected chi connectivity index (χ1v) is 10.8. The van der Waals surface area contributed by atoms with E-state index in [0.717, 1.165) is 6.08 Å². The summed E-state index contributed by atoms with van der Waals surface area (Å²) in [6.07, 6.45) is 2.77. The number of hydrogen-bond acceptors (Lipinski definition) is 5. The molecule has 0 aliphatic heterocycles. The molecule has 0 bridgehead atoms. The van der Waals surface area contributed by atoms with Gasteiger partial charge in [-0.2, -0.15) is 0 Å². The van der Waals surface area contributed by atoms with E-state index in [9.17, 15) is 18.0 Å². The van der Waals surface area contributed by atoms with E-state index in [0.29, 0.717) is 31.4 Å². The molecule has 0 heterocycles. The third-order valence-electron chi connectivity index (χ3n) is 4.47. The van der Waals surface area contributed by atoms with Gasteiger partial charge in [-0.1, -0.05) is 6.58 Å². The Morgan fingerprint density at radius 2 is 1.68 bits per heavy atom. The number of anilines is 1. The van der Waals surface area contributed by atoms with Gasteiger partial charge in [-0.25, -0.2) is 13.2 Å². The number of benzene rings is 1. The van der Waals surface area contributed by atoms with Gasteiger partial charge < -0.3 is 15.4 Å². The monoisotopic (exact) mass is 408 g/mol. The fourth-order valence-electron chi connectivity index (χ4n) is 3.11. The van der Waals surface area contributed by atoms with Gasteiger partial charge in [0.15, 0.2) is 9.84 Å². The number of alkyl carbamates (subject to hydrolysis) is 1. The SMILES string of the molecule is C=CC(=O)Nc1ccc(S(=O)(=O)C2CCC(NC(=O)OC(C)(C)C)CC2)cc1. The highest BCUT2D eigenvalue weighted by Gasteiger charge is 2.33. The number of amides is 2. The first-order valence-electron chi connectivity index (χ1n) is 9.28. The standard InChI is InChI=1S/C20H28N2O5S/c1-5-18(23)21-14-6-10-16(11-7-14)28(25,26)17-12-8-15(9-13-17)22-19(24)27-20(2,3)4/h5-7,10-11,15,17H,1,8-9,12-13H2,2-4H3,(H,21,23)(H,22,24). The second-order valence-electron chi connectivity index (χ2n) is 7.88. The minimum absolute atomic E-state index is 0.0854. The summed E-state index contributed by atoms with van der Waals surface area (Å²) in [6.45, 7) is 8.76. The van der Waals surface area contributed by atoms with E-state index in [1.54, 1.807) is 32.9 Å². The highest BCUT2D eigenvalue weighted by atomic mass is 32.2. The molecule has 7 nitrogen and oxygen atoms in total. The fourth-order valence-corrected chi connectivity index (χ4v) is 4.90. The minimum atomic E-state index is -3.47. The van der Waals surface area contributed by atoms with Crippen LogP contribution in [0.25, 0.3) is 0 Å². The average Bonchev–Trinajstić information content (AvgIpc) is 2.61. The maximum absolute atomic E-state index is 12.9. The van der Waals surface area contributed by atoms with Crippen LogP contribution in [0.15, 0.2) is 41.8 Å². The van der Waals surface area contributed by atoms with Gasteiger partial charge in [-0.15, -0.1) is 0 Å². The molecule has 0 atom stereocenters. The zero-order valence-electron chi connectivity index (χ0n) is 16.5. The van der Waals surface area contributed by atoms with Gasteiger partial charge in [0.05, 0.1) is 10.1 Å². The Labute approximate surface area is 166 Å². The molecule has 2 N–H and O–H groups in total. The first kappa shape index (κ1) is 21.9. The smallest absolute Gasteiger partial charge is 0.407 e. The van der Waals surface area contributed by atoms with Crippen molar-refractivity contribution in [2.75, 3.05) is 5.32 Å². The Morgan fingerprint density at radius 1 is 1.11 bits per heavy atom. The summed E-state index contributed by atoms with van der Waals surface area (Å²) < 4.78 is 31.0. The molecule has 1 aliphatic carbocycles. The van der Waals surface area contributed by atoms with Gasteiger partial charge in [-0.3, -0.25) is 4.79 Å². The normalized spacial score (nSPS) is 20.1. The number of rotatable bonds is 5. The van der Waals surface area contributed by atoms with Crippen LogP contribution in [-0.4, -0.2) is 37.3 Å². The van der Waals surface area contributed by atoms with Gasteiger partial charge in [0.1, 0.15) is 5.60 Å². The van der Waals surface area contributed by atoms with Crippen LogP contribution in [0.4, 0.5) is 10.5 Å². The summed E-state index contributed by atoms with van der Waals surface area (Å²) in [5.74, 6) is -0.355. The van der Waals surface area contributed by atoms with E-state index in [4.69, 9.17) is 4.74 Å². The quantitative estimate of drug-likeness (QED) is 0.727. The third kappa shape index (κ3) is 6.09. The molecule has 0 aromatic heterocycles. The van der Waals surface area contributed by atoms with Crippen molar-refractivity contribution in [3.8, 4) is 0 Å². The molecule has 1 aromatic carbocycles. The second-order valence-corrected chi connectivity index (χ2v) is 10.1. The van der Waals surface area contributed by atoms with E-state index < -0.39 is 26.8 Å². The van der Waals surface area contributed by atoms with E-state index in [1.165, 1.54) is 12.1 Å². The van der Waals surface area contributed by atoms with Crippen LogP contribution in [0.1, 0.15) is 46.5 Å². The summed E-state index contributed by atoms with van der Waals surface area (Å²) in [4.78, 5) is 23.4. The molecule has 1 fully saturated rings. The van der Waals surface area contributed by atoms with Crippen LogP contribution in [-0.2, 0) is 19.4 Å². The molecular weight excluding hydrogens is 380 g/mol. The summed E-state index contributed by atoms with van der Waals surface area (Å²) in [5, 5.41) is 4.91. The largest absolute Gasteiger partial charge is 0.444 e. The Bertz CT molecular complexity index is 817. The highest BCUT2D eigenvalue weighted by molar-refractivity contribution is 7.92. The maximum Gasteiger partial charge on any atom is 0.407 e. The number of hydrogen-bond donors (Lipinski definition) is 2. The van der Waals surface area contributed by atoms with Gasteiger partial charge in [0, 0.05) is 11.7 Å². The van der Waals surface area contributed by atoms with Crippen molar-refractivity contribution >= 4 is 27.5 Å². The summed E-state index contributed by atoms with van der Waals surface area (Å²) in [5.41, 5.74) is -0.0591. The van der Waals surface area contributed by atoms with Crippen molar-refractivity contribution in [2.45, 2.75) is 68.2 Å². The Morgan fingerprint density at radius 3 is 2.18 bits per heavy atom. The third-order valence-corrected chi connectivity index (χ3v) is 6.75. The molecule has 154 valence electrons. The van der Waals surface area contributed by atoms with Crippen LogP contribution >= 0.6 is 0 Å². The fraction of sp³-hybridized carbons (Fsp3) is 0.500. The zero-order chi connectivity index (χ0) is 20.9. The summed E-state index contributed by atoms with van der Waals surface area (Å²) in [7, 11) is -3.47. The molecule has 2 rings (SSSR count). The molecule has 1 aromatic rings. The molecule has 28 heavy (non-hydrogen) atoms. The predicted molar refractivity (Wildman–Crippen MR) is 108 cm³/mol. The van der Waals surface area contributed by atoms with E-state index in [1.807, 2.05) is 0 Å². The number of sulfone groups is 1. The van der Waals surface area contributed by atoms with Crippen LogP contribution in [0.2, 0.25) is 0 Å². The van der Waals surface area contributed by atoms with E-state index in [-0.39, 0.29) is 16.8 Å². The Hall–Kier alpha value is -2.35. The molecule has 2 amide bonds. The topological polar surface area (TPSA) is 102 Å². The Kier molecular flexibility index (Phi) is 6.87. The van der Waals surface area contributed by atoms with Crippen molar-refractivity contribution in [3.63, 3.8) is 0 Å². The summed E-state index contributed by atoms with van der Waals surface area (Å²) >= 11 is 0. The Balaban J connectivity index is 1.94. The lowest BCUT2D eigenvalue weighted by atomic mass is 9.95. The molecule has 0 saturated heterocycles. The van der Waals surface area contributed by atoms with E-state index in [2.05, 4.69) is 17.2 Å². The maximum atomic E-state index is 12.9. The van der Waals surface area contributed by atoms with Gasteiger partial charge in [0.2, 0.25) is 5.91 Å². The van der Waals surface area contributed by atoms with Gasteiger partial charge >= 0.3 is 6.09 Å². The van der Waals surface area contributed by atoms with Crippen LogP contribution < -0.4 is 10.6 Å². The lowest BCUT2D eigenvalue weighted by Crippen LogP contribution is -2.42. The van der Waals surface area contributed by atoms with Crippen LogP contribution in [0, 0.1) is 0 Å². The van der Waals surface area contributed by atoms with Crippen molar-refractivity contribution in [3.05, 3.63) is 36.9 Å². The van der Waals surface area contributed by atoms with Crippen molar-refractivity contribution < 1.29 is 22.7 Å². The predicted octanol–water partition coefficient (Wildman–Crippen LogP) is 3.42. The number of carbonyl (C=O) groups excluding carboxylic acids is 2. The van der Waals surface area contributed by atoms with Crippen LogP contribution in [0.5, 0.6) is 0 Å².